The molecule has 1 aromatic heterocycles. The molecule has 6 rings (SSSR count). The molecule has 2 aliphatic rings. The Morgan fingerprint density at radius 2 is 1.66 bits per heavy atom. The number of anilines is 1. The Balaban J connectivity index is 0.00000486. The van der Waals surface area contributed by atoms with Gasteiger partial charge in [0.2, 0.25) is 17.1 Å². The monoisotopic (exact) mass is 718 g/mol. The molecule has 50 heavy (non-hydrogen) atoms. The number of carbonyl (C=O) groups excluding carboxylic acids is 3. The number of nitrogens with zero attached hydrogens (tertiary/aromatic N) is 2. The van der Waals surface area contributed by atoms with Gasteiger partial charge in [-0.1, -0.05) is 30.3 Å². The second-order valence-electron chi connectivity index (χ2n) is 13.1. The summed E-state index contributed by atoms with van der Waals surface area (Å²) in [5, 5.41) is 20.4. The Kier molecular flexibility index (Phi) is 12.6. The molecule has 4 aromatic rings. The Morgan fingerprint density at radius 3 is 2.28 bits per heavy atom. The normalized spacial score (nSPS) is 19.2. The van der Waals surface area contributed by atoms with Crippen molar-refractivity contribution in [3.8, 4) is 22.5 Å². The number of hydrogen-bond donors (Lipinski definition) is 6. The zero-order valence-electron chi connectivity index (χ0n) is 28.0. The molecule has 3 aromatic carbocycles. The highest BCUT2D eigenvalue weighted by atomic mass is 35.5. The molecule has 1 aliphatic heterocycles. The van der Waals surface area contributed by atoms with Crippen LogP contribution in [0.25, 0.3) is 22.5 Å². The van der Waals surface area contributed by atoms with E-state index in [0.717, 1.165) is 73.0 Å². The van der Waals surface area contributed by atoms with Gasteiger partial charge in [-0.25, -0.2) is 0 Å². The van der Waals surface area contributed by atoms with Crippen LogP contribution in [-0.4, -0.2) is 64.6 Å². The first-order chi connectivity index (χ1) is 23.7. The van der Waals surface area contributed by atoms with Gasteiger partial charge in [0.1, 0.15) is 6.04 Å². The van der Waals surface area contributed by atoms with Gasteiger partial charge in [-0.05, 0) is 128 Å². The molecule has 7 N–H and O–H groups in total. The number of benzene rings is 3. The first kappa shape index (κ1) is 37.0. The van der Waals surface area contributed by atoms with Gasteiger partial charge in [0.05, 0.1) is 0 Å². The minimum atomic E-state index is -0.784. The lowest BCUT2D eigenvalue weighted by Gasteiger charge is -2.28. The van der Waals surface area contributed by atoms with Crippen molar-refractivity contribution < 1.29 is 14.4 Å². The van der Waals surface area contributed by atoms with Crippen molar-refractivity contribution in [3.63, 3.8) is 0 Å². The Labute approximate surface area is 303 Å². The standard InChI is InChI=1S/C37H43ClN8O3.ClH/c1-22-18-28(35(48)42-30-16-17-40-21-30)12-15-31(22)25-6-2-23(3-7-25)19-32(43-34(47)27-8-4-24(20-39)5-9-27)36(49)41-29-13-10-26(11-14-29)33-44-37(38)46-45-33;/h2-3,6-7,10-15,18,24,27,30,32,40H,4-5,8-9,16-17,19-21,39H2,1H3,(H,41,49)(H,42,48)(H,43,47)(H,44,45,46);1H/t24?,27?,30-,32-;/m0./s1. The Hall–Kier alpha value is -4.29. The molecule has 3 amide bonds. The molecule has 264 valence electrons. The smallest absolute Gasteiger partial charge is 0.251 e. The van der Waals surface area contributed by atoms with Crippen molar-refractivity contribution >= 4 is 47.4 Å². The fraction of sp³-hybridized carbons (Fsp3) is 0.378. The van der Waals surface area contributed by atoms with Crippen LogP contribution in [-0.2, 0) is 16.0 Å². The average Bonchev–Trinajstić information content (AvgIpc) is 3.80. The number of H-pyrrole nitrogens is 1. The molecule has 0 radical (unpaired) electrons. The van der Waals surface area contributed by atoms with Crippen LogP contribution in [0.3, 0.4) is 0 Å². The molecule has 13 heteroatoms. The summed E-state index contributed by atoms with van der Waals surface area (Å²) in [5.74, 6) is 0.360. The lowest BCUT2D eigenvalue weighted by atomic mass is 9.81. The molecule has 1 aliphatic carbocycles. The first-order valence-corrected chi connectivity index (χ1v) is 17.3. The molecule has 2 fully saturated rings. The summed E-state index contributed by atoms with van der Waals surface area (Å²) in [6, 6.07) is 20.3. The molecule has 11 nitrogen and oxygen atoms in total. The number of nitrogens with one attached hydrogen (secondary N) is 5. The van der Waals surface area contributed by atoms with Gasteiger partial charge in [-0.2, -0.15) is 0 Å². The van der Waals surface area contributed by atoms with E-state index in [4.69, 9.17) is 17.3 Å². The highest BCUT2D eigenvalue weighted by molar-refractivity contribution is 6.28. The van der Waals surface area contributed by atoms with Crippen molar-refractivity contribution in [1.82, 2.24) is 31.1 Å². The molecule has 0 spiro atoms. The second kappa shape index (κ2) is 17.1. The number of amides is 3. The summed E-state index contributed by atoms with van der Waals surface area (Å²) in [7, 11) is 0. The third kappa shape index (κ3) is 9.28. The molecule has 2 atom stereocenters. The van der Waals surface area contributed by atoms with Crippen LogP contribution < -0.4 is 27.0 Å². The van der Waals surface area contributed by atoms with Crippen LogP contribution in [0.5, 0.6) is 0 Å². The number of hydrogen-bond acceptors (Lipinski definition) is 7. The highest BCUT2D eigenvalue weighted by Gasteiger charge is 2.29. The average molecular weight is 720 g/mol. The van der Waals surface area contributed by atoms with Crippen molar-refractivity contribution in [2.45, 2.75) is 57.5 Å². The molecular formula is C37H44Cl2N8O3. The fourth-order valence-electron chi connectivity index (χ4n) is 6.70. The number of aryl methyl sites for hydroxylation is 1. The van der Waals surface area contributed by atoms with Crippen LogP contribution in [0.15, 0.2) is 66.7 Å². The van der Waals surface area contributed by atoms with E-state index in [1.807, 2.05) is 61.5 Å². The predicted octanol–water partition coefficient (Wildman–Crippen LogP) is 5.05. The van der Waals surface area contributed by atoms with Gasteiger partial charge < -0.3 is 32.0 Å². The zero-order valence-corrected chi connectivity index (χ0v) is 29.6. The van der Waals surface area contributed by atoms with E-state index in [-0.39, 0.29) is 47.4 Å². The summed E-state index contributed by atoms with van der Waals surface area (Å²) >= 11 is 5.87. The van der Waals surface area contributed by atoms with E-state index in [0.29, 0.717) is 36.0 Å². The van der Waals surface area contributed by atoms with E-state index in [1.54, 1.807) is 12.1 Å². The number of halogens is 2. The molecule has 1 saturated carbocycles. The van der Waals surface area contributed by atoms with Gasteiger partial charge in [0.25, 0.3) is 5.91 Å². The van der Waals surface area contributed by atoms with Crippen molar-refractivity contribution in [3.05, 3.63) is 88.7 Å². The van der Waals surface area contributed by atoms with Crippen LogP contribution in [0.2, 0.25) is 5.28 Å². The van der Waals surface area contributed by atoms with Crippen molar-refractivity contribution in [1.29, 1.82) is 0 Å². The van der Waals surface area contributed by atoms with Crippen molar-refractivity contribution in [2.24, 2.45) is 17.6 Å². The third-order valence-electron chi connectivity index (χ3n) is 9.66. The molecule has 0 unspecified atom stereocenters. The number of carbonyl (C=O) groups is 3. The summed E-state index contributed by atoms with van der Waals surface area (Å²) < 4.78 is 0. The summed E-state index contributed by atoms with van der Waals surface area (Å²) in [6.45, 7) is 4.35. The van der Waals surface area contributed by atoms with Crippen molar-refractivity contribution in [2.75, 3.05) is 25.0 Å². The van der Waals surface area contributed by atoms with Gasteiger partial charge in [0.15, 0.2) is 5.82 Å². The van der Waals surface area contributed by atoms with Crippen LogP contribution >= 0.6 is 24.0 Å². The predicted molar refractivity (Wildman–Crippen MR) is 198 cm³/mol. The maximum Gasteiger partial charge on any atom is 0.251 e. The lowest BCUT2D eigenvalue weighted by Crippen LogP contribution is -2.48. The zero-order chi connectivity index (χ0) is 34.3. The third-order valence-corrected chi connectivity index (χ3v) is 9.83. The number of rotatable bonds is 11. The van der Waals surface area contributed by atoms with Crippen LogP contribution in [0.1, 0.15) is 53.6 Å². The van der Waals surface area contributed by atoms with Gasteiger partial charge in [0, 0.05) is 41.7 Å². The van der Waals surface area contributed by atoms with E-state index < -0.39 is 6.04 Å². The van der Waals surface area contributed by atoms with E-state index in [9.17, 15) is 14.4 Å². The summed E-state index contributed by atoms with van der Waals surface area (Å²) in [6.07, 6.45) is 4.62. The largest absolute Gasteiger partial charge is 0.348 e. The number of aromatic nitrogens is 3. The minimum absolute atomic E-state index is 0. The SMILES string of the molecule is Cc1cc(C(=O)N[C@H]2CCNC2)ccc1-c1ccc(C[C@H](NC(=O)C2CCC(CN)CC2)C(=O)Nc2ccc(-c3nnc(Cl)[nH]3)cc2)cc1.Cl. The number of aromatic amines is 1. The van der Waals surface area contributed by atoms with E-state index in [2.05, 4.69) is 36.4 Å². The lowest BCUT2D eigenvalue weighted by molar-refractivity contribution is -0.130. The fourth-order valence-corrected chi connectivity index (χ4v) is 6.83. The first-order valence-electron chi connectivity index (χ1n) is 17.0. The Morgan fingerprint density at radius 1 is 0.940 bits per heavy atom. The van der Waals surface area contributed by atoms with E-state index >= 15 is 0 Å². The van der Waals surface area contributed by atoms with E-state index in [1.165, 1.54) is 0 Å². The quantitative estimate of drug-likeness (QED) is 0.126. The van der Waals surface area contributed by atoms with Gasteiger partial charge in [-0.3, -0.25) is 14.4 Å². The summed E-state index contributed by atoms with van der Waals surface area (Å²) in [5.41, 5.74) is 11.8. The highest BCUT2D eigenvalue weighted by Crippen LogP contribution is 2.29. The second-order valence-corrected chi connectivity index (χ2v) is 13.5. The molecular weight excluding hydrogens is 675 g/mol. The van der Waals surface area contributed by atoms with Gasteiger partial charge in [-0.15, -0.1) is 22.6 Å². The number of nitrogens with two attached hydrogens (primary N) is 1. The summed E-state index contributed by atoms with van der Waals surface area (Å²) in [4.78, 5) is 42.8. The topological polar surface area (TPSA) is 167 Å². The Bertz CT molecular complexity index is 1770. The maximum absolute atomic E-state index is 13.7. The molecule has 2 heterocycles. The molecule has 1 saturated heterocycles. The van der Waals surface area contributed by atoms with Gasteiger partial charge >= 0.3 is 0 Å². The maximum atomic E-state index is 13.7. The molecule has 0 bridgehead atoms. The van der Waals surface area contributed by atoms with Crippen LogP contribution in [0.4, 0.5) is 5.69 Å². The minimum Gasteiger partial charge on any atom is -0.348 e. The van der Waals surface area contributed by atoms with Crippen LogP contribution in [0, 0.1) is 18.8 Å².